The lowest BCUT2D eigenvalue weighted by Crippen LogP contribution is -2.14. The maximum absolute atomic E-state index is 12.9. The Morgan fingerprint density at radius 3 is 2.73 bits per heavy atom. The minimum absolute atomic E-state index is 0.157. The monoisotopic (exact) mass is 367 g/mol. The van der Waals surface area contributed by atoms with E-state index in [-0.39, 0.29) is 17.5 Å². The number of amides is 1. The van der Waals surface area contributed by atoms with Gasteiger partial charge < -0.3 is 5.32 Å². The average Bonchev–Trinajstić information content (AvgIpc) is 3.04. The van der Waals surface area contributed by atoms with Gasteiger partial charge in [-0.15, -0.1) is 10.2 Å². The minimum atomic E-state index is -0.345. The highest BCUT2D eigenvalue weighted by atomic mass is 32.2. The van der Waals surface area contributed by atoms with E-state index in [9.17, 15) is 9.18 Å². The van der Waals surface area contributed by atoms with Gasteiger partial charge in [0.05, 0.1) is 16.8 Å². The van der Waals surface area contributed by atoms with Crippen LogP contribution in [0.15, 0.2) is 53.6 Å². The van der Waals surface area contributed by atoms with Gasteiger partial charge >= 0.3 is 0 Å². The lowest BCUT2D eigenvalue weighted by Gasteiger charge is -2.08. The maximum Gasteiger partial charge on any atom is 0.234 e. The van der Waals surface area contributed by atoms with Crippen LogP contribution in [-0.4, -0.2) is 31.2 Å². The van der Waals surface area contributed by atoms with Crippen LogP contribution in [0.1, 0.15) is 5.82 Å². The number of fused-ring (bicyclic) bond motifs is 3. The molecule has 0 saturated carbocycles. The largest absolute Gasteiger partial charge is 0.325 e. The molecule has 0 saturated heterocycles. The van der Waals surface area contributed by atoms with Gasteiger partial charge in [-0.2, -0.15) is 0 Å². The van der Waals surface area contributed by atoms with Crippen molar-refractivity contribution in [1.82, 2.24) is 19.6 Å². The molecule has 130 valence electrons. The summed E-state index contributed by atoms with van der Waals surface area (Å²) in [6.07, 6.45) is 0. The van der Waals surface area contributed by atoms with Crippen molar-refractivity contribution in [2.75, 3.05) is 11.1 Å². The Kier molecular flexibility index (Phi) is 4.26. The van der Waals surface area contributed by atoms with Gasteiger partial charge in [-0.1, -0.05) is 23.9 Å². The Labute approximate surface area is 152 Å². The van der Waals surface area contributed by atoms with Crippen LogP contribution in [0.4, 0.5) is 10.1 Å². The third-order valence-corrected chi connectivity index (χ3v) is 4.78. The maximum atomic E-state index is 12.9. The number of halogens is 1. The van der Waals surface area contributed by atoms with Gasteiger partial charge in [-0.25, -0.2) is 9.37 Å². The van der Waals surface area contributed by atoms with E-state index in [4.69, 9.17) is 0 Å². The molecule has 0 bridgehead atoms. The minimum Gasteiger partial charge on any atom is -0.325 e. The van der Waals surface area contributed by atoms with Crippen LogP contribution in [0.5, 0.6) is 0 Å². The van der Waals surface area contributed by atoms with Crippen LogP contribution in [0.2, 0.25) is 0 Å². The summed E-state index contributed by atoms with van der Waals surface area (Å²) in [5.41, 5.74) is 2.90. The SMILES string of the molecule is Cc1nnc2c(SCC(=O)Nc3ccc(F)cc3)nc3ccccc3n12. The molecule has 8 heteroatoms. The number of carbonyl (C=O) groups excluding carboxylic acids is 1. The molecule has 4 rings (SSSR count). The number of aromatic nitrogens is 4. The number of thioether (sulfide) groups is 1. The van der Waals surface area contributed by atoms with Crippen molar-refractivity contribution >= 4 is 40.0 Å². The standard InChI is InChI=1S/C18H14FN5OS/c1-11-22-23-17-18(21-14-4-2-3-5-15(14)24(11)17)26-10-16(25)20-13-8-6-12(19)7-9-13/h2-9H,10H2,1H3,(H,20,25). The fourth-order valence-electron chi connectivity index (χ4n) is 2.66. The zero-order chi connectivity index (χ0) is 18.1. The molecule has 0 aliphatic heterocycles. The van der Waals surface area contributed by atoms with Crippen LogP contribution in [0.25, 0.3) is 16.7 Å². The van der Waals surface area contributed by atoms with E-state index in [1.165, 1.54) is 36.0 Å². The van der Waals surface area contributed by atoms with Gasteiger partial charge in [-0.3, -0.25) is 9.20 Å². The summed E-state index contributed by atoms with van der Waals surface area (Å²) in [6, 6.07) is 13.4. The number of hydrogen-bond acceptors (Lipinski definition) is 5. The van der Waals surface area contributed by atoms with Crippen molar-refractivity contribution in [3.63, 3.8) is 0 Å². The summed E-state index contributed by atoms with van der Waals surface area (Å²) in [6.45, 7) is 1.88. The molecule has 2 heterocycles. The molecule has 6 nitrogen and oxygen atoms in total. The molecule has 0 unspecified atom stereocenters. The van der Waals surface area contributed by atoms with Gasteiger partial charge in [0, 0.05) is 5.69 Å². The summed E-state index contributed by atoms with van der Waals surface area (Å²) < 4.78 is 14.9. The average molecular weight is 367 g/mol. The highest BCUT2D eigenvalue weighted by molar-refractivity contribution is 8.00. The molecule has 2 aromatic carbocycles. The zero-order valence-corrected chi connectivity index (χ0v) is 14.6. The third kappa shape index (κ3) is 3.11. The summed E-state index contributed by atoms with van der Waals surface area (Å²) in [7, 11) is 0. The number of nitrogens with one attached hydrogen (secondary N) is 1. The van der Waals surface area contributed by atoms with Crippen molar-refractivity contribution < 1.29 is 9.18 Å². The quantitative estimate of drug-likeness (QED) is 0.559. The number of hydrogen-bond donors (Lipinski definition) is 1. The second-order valence-electron chi connectivity index (χ2n) is 5.66. The first-order valence-electron chi connectivity index (χ1n) is 7.90. The number of benzene rings is 2. The Bertz CT molecular complexity index is 1110. The topological polar surface area (TPSA) is 72.2 Å². The van der Waals surface area contributed by atoms with Gasteiger partial charge in [-0.05, 0) is 43.3 Å². The van der Waals surface area contributed by atoms with E-state index in [2.05, 4.69) is 20.5 Å². The van der Waals surface area contributed by atoms with E-state index >= 15 is 0 Å². The second-order valence-corrected chi connectivity index (χ2v) is 6.62. The number of nitrogens with zero attached hydrogens (tertiary/aromatic N) is 4. The van der Waals surface area contributed by atoms with Gasteiger partial charge in [0.15, 0.2) is 5.65 Å². The first-order chi connectivity index (χ1) is 12.6. The molecular weight excluding hydrogens is 353 g/mol. The van der Waals surface area contributed by atoms with E-state index in [0.717, 1.165) is 16.9 Å². The molecule has 2 aromatic heterocycles. The summed E-state index contributed by atoms with van der Waals surface area (Å²) >= 11 is 1.29. The van der Waals surface area contributed by atoms with Crippen molar-refractivity contribution in [2.24, 2.45) is 0 Å². The van der Waals surface area contributed by atoms with Crippen LogP contribution in [0, 0.1) is 12.7 Å². The number of anilines is 1. The summed E-state index contributed by atoms with van der Waals surface area (Å²) in [5, 5.41) is 11.7. The lowest BCUT2D eigenvalue weighted by molar-refractivity contribution is -0.113. The Morgan fingerprint density at radius 2 is 1.92 bits per heavy atom. The fourth-order valence-corrected chi connectivity index (χ4v) is 3.42. The molecule has 26 heavy (non-hydrogen) atoms. The summed E-state index contributed by atoms with van der Waals surface area (Å²) in [4.78, 5) is 16.8. The highest BCUT2D eigenvalue weighted by Crippen LogP contribution is 2.25. The lowest BCUT2D eigenvalue weighted by atomic mass is 10.3. The molecule has 0 spiro atoms. The third-order valence-electron chi connectivity index (χ3n) is 3.83. The molecule has 4 aromatic rings. The molecule has 0 aliphatic carbocycles. The fraction of sp³-hybridized carbons (Fsp3) is 0.111. The Balaban J connectivity index is 1.58. The Hall–Kier alpha value is -3.00. The number of carbonyl (C=O) groups is 1. The zero-order valence-electron chi connectivity index (χ0n) is 13.8. The van der Waals surface area contributed by atoms with Gasteiger partial charge in [0.2, 0.25) is 5.91 Å². The molecule has 0 aliphatic rings. The van der Waals surface area contributed by atoms with Crippen molar-refractivity contribution in [3.05, 3.63) is 60.2 Å². The van der Waals surface area contributed by atoms with E-state index in [1.807, 2.05) is 35.6 Å². The van der Waals surface area contributed by atoms with Crippen LogP contribution < -0.4 is 5.32 Å². The van der Waals surface area contributed by atoms with Crippen LogP contribution >= 0.6 is 11.8 Å². The van der Waals surface area contributed by atoms with Gasteiger partial charge in [0.25, 0.3) is 0 Å². The smallest absolute Gasteiger partial charge is 0.234 e. The predicted octanol–water partition coefficient (Wildman–Crippen LogP) is 3.46. The van der Waals surface area contributed by atoms with Gasteiger partial charge in [0.1, 0.15) is 16.7 Å². The molecule has 0 atom stereocenters. The molecule has 0 radical (unpaired) electrons. The molecule has 1 N–H and O–H groups in total. The molecule has 0 fully saturated rings. The van der Waals surface area contributed by atoms with Crippen LogP contribution in [0.3, 0.4) is 0 Å². The number of rotatable bonds is 4. The predicted molar refractivity (Wildman–Crippen MR) is 98.8 cm³/mol. The second kappa shape index (κ2) is 6.72. The van der Waals surface area contributed by atoms with E-state index in [1.54, 1.807) is 0 Å². The van der Waals surface area contributed by atoms with Crippen molar-refractivity contribution in [2.45, 2.75) is 11.9 Å². The van der Waals surface area contributed by atoms with Crippen molar-refractivity contribution in [1.29, 1.82) is 0 Å². The first-order valence-corrected chi connectivity index (χ1v) is 8.89. The van der Waals surface area contributed by atoms with E-state index < -0.39 is 0 Å². The first kappa shape index (κ1) is 16.5. The highest BCUT2D eigenvalue weighted by Gasteiger charge is 2.14. The van der Waals surface area contributed by atoms with Crippen molar-refractivity contribution in [3.8, 4) is 0 Å². The molecule has 1 amide bonds. The van der Waals surface area contributed by atoms with Crippen LogP contribution in [-0.2, 0) is 4.79 Å². The number of para-hydroxylation sites is 2. The number of aryl methyl sites for hydroxylation is 1. The summed E-state index contributed by atoms with van der Waals surface area (Å²) in [5.74, 6) is 0.370. The Morgan fingerprint density at radius 1 is 1.15 bits per heavy atom. The normalized spacial score (nSPS) is 11.2. The molecular formula is C18H14FN5OS. The van der Waals surface area contributed by atoms with E-state index in [0.29, 0.717) is 16.4 Å².